The molecule has 0 heterocycles. The van der Waals surface area contributed by atoms with E-state index in [1.165, 1.54) is 321 Å². The number of nitrogens with zero attached hydrogens (tertiary/aromatic N) is 1. The molecule has 9 nitrogen and oxygen atoms in total. The summed E-state index contributed by atoms with van der Waals surface area (Å²) in [6, 6.07) is 0. The first-order valence-electron chi connectivity index (χ1n) is 36.4. The highest BCUT2D eigenvalue weighted by Crippen LogP contribution is 2.38. The normalized spacial score (nSPS) is 13.1. The average Bonchev–Trinajstić information content (AvgIpc) is 3.46. The minimum Gasteiger partial charge on any atom is -0.756 e. The van der Waals surface area contributed by atoms with Gasteiger partial charge in [0.1, 0.15) is 19.8 Å². The maximum absolute atomic E-state index is 12.9. The summed E-state index contributed by atoms with van der Waals surface area (Å²) in [5.74, 6) is -0.807. The minimum absolute atomic E-state index is 0.0262. The molecule has 0 aliphatic rings. The third kappa shape index (κ3) is 67.9. The van der Waals surface area contributed by atoms with Crippen molar-refractivity contribution in [1.29, 1.82) is 0 Å². The molecule has 0 aromatic carbocycles. The second-order valence-electron chi connectivity index (χ2n) is 26.3. The van der Waals surface area contributed by atoms with Crippen molar-refractivity contribution < 1.29 is 42.1 Å². The molecule has 0 aliphatic carbocycles. The molecule has 0 fully saturated rings. The van der Waals surface area contributed by atoms with Crippen molar-refractivity contribution >= 4 is 19.8 Å². The van der Waals surface area contributed by atoms with Crippen LogP contribution in [-0.4, -0.2) is 70.0 Å². The van der Waals surface area contributed by atoms with Crippen LogP contribution in [0.15, 0.2) is 12.2 Å². The Bertz CT molecular complexity index is 1390. The fraction of sp³-hybridized carbons (Fsp3) is 0.944. The van der Waals surface area contributed by atoms with Gasteiger partial charge in [0, 0.05) is 12.8 Å². The Morgan fingerprint density at radius 2 is 0.622 bits per heavy atom. The Hall–Kier alpha value is -1.25. The van der Waals surface area contributed by atoms with Crippen molar-refractivity contribution in [3.63, 3.8) is 0 Å². The van der Waals surface area contributed by atoms with Crippen molar-refractivity contribution in [1.82, 2.24) is 0 Å². The monoisotopic (exact) mass is 1180 g/mol. The summed E-state index contributed by atoms with van der Waals surface area (Å²) in [4.78, 5) is 38.1. The van der Waals surface area contributed by atoms with Gasteiger partial charge in [-0.3, -0.25) is 14.2 Å². The van der Waals surface area contributed by atoms with E-state index in [9.17, 15) is 19.0 Å². The first-order chi connectivity index (χ1) is 40.0. The van der Waals surface area contributed by atoms with Crippen LogP contribution >= 0.6 is 7.82 Å². The Kier molecular flexibility index (Phi) is 63.3. The summed E-state index contributed by atoms with van der Waals surface area (Å²) in [6.45, 7) is 4.33. The smallest absolute Gasteiger partial charge is 0.306 e. The molecule has 0 spiro atoms. The van der Waals surface area contributed by atoms with Crippen LogP contribution in [0, 0.1) is 0 Å². The molecule has 2 unspecified atom stereocenters. The maximum Gasteiger partial charge on any atom is 0.306 e. The molecule has 0 saturated carbocycles. The average molecular weight is 1180 g/mol. The van der Waals surface area contributed by atoms with E-state index in [0.29, 0.717) is 17.4 Å². The Morgan fingerprint density at radius 3 is 0.902 bits per heavy atom. The Labute approximate surface area is 511 Å². The molecule has 2 atom stereocenters. The molecule has 10 heteroatoms. The molecule has 0 aromatic heterocycles. The molecule has 0 saturated heterocycles. The highest BCUT2D eigenvalue weighted by molar-refractivity contribution is 7.45. The summed E-state index contributed by atoms with van der Waals surface area (Å²) in [5.41, 5.74) is 0. The van der Waals surface area contributed by atoms with Gasteiger partial charge < -0.3 is 27.9 Å². The zero-order valence-electron chi connectivity index (χ0n) is 55.7. The highest BCUT2D eigenvalue weighted by Gasteiger charge is 2.22. The molecule has 0 aliphatic heterocycles. The van der Waals surface area contributed by atoms with Crippen LogP contribution in [0.4, 0.5) is 0 Å². The zero-order valence-corrected chi connectivity index (χ0v) is 56.6. The molecule has 0 radical (unpaired) electrons. The predicted octanol–water partition coefficient (Wildman–Crippen LogP) is 22.9. The number of esters is 2. The lowest BCUT2D eigenvalue weighted by Crippen LogP contribution is -2.37. The van der Waals surface area contributed by atoms with Crippen molar-refractivity contribution in [3.05, 3.63) is 12.2 Å². The SMILES string of the molecule is CCCCCCCCCC/C=C\CCCCCCCCCCCCCCCCCC(=O)OC(COC(=O)CCCCCCCCCCCCCCCCCCCCCCCCCCCCCCCCC)COP(=O)([O-])OCC[N+](C)(C)C. The quantitative estimate of drug-likeness (QED) is 0.0195. The van der Waals surface area contributed by atoms with Gasteiger partial charge >= 0.3 is 11.9 Å². The lowest BCUT2D eigenvalue weighted by molar-refractivity contribution is -0.870. The van der Waals surface area contributed by atoms with Gasteiger partial charge in [0.2, 0.25) is 0 Å². The largest absolute Gasteiger partial charge is 0.756 e. The number of carbonyl (C=O) groups is 2. The van der Waals surface area contributed by atoms with Crippen LogP contribution in [0.25, 0.3) is 0 Å². The van der Waals surface area contributed by atoms with E-state index >= 15 is 0 Å². The van der Waals surface area contributed by atoms with Crippen molar-refractivity contribution in [2.45, 2.75) is 392 Å². The number of allylic oxidation sites excluding steroid dienone is 2. The van der Waals surface area contributed by atoms with Crippen LogP contribution in [0.1, 0.15) is 386 Å². The van der Waals surface area contributed by atoms with Gasteiger partial charge in [0.05, 0.1) is 27.7 Å². The minimum atomic E-state index is -4.64. The van der Waals surface area contributed by atoms with Gasteiger partial charge in [0.15, 0.2) is 6.10 Å². The summed E-state index contributed by atoms with van der Waals surface area (Å²) in [7, 11) is 1.19. The van der Waals surface area contributed by atoms with E-state index in [1.807, 2.05) is 21.1 Å². The van der Waals surface area contributed by atoms with Crippen molar-refractivity contribution in [2.75, 3.05) is 47.5 Å². The molecular formula is C72H142NO8P. The fourth-order valence-electron chi connectivity index (χ4n) is 11.2. The number of carbonyl (C=O) groups excluding carboxylic acids is 2. The molecule has 488 valence electrons. The summed E-state index contributed by atoms with van der Waals surface area (Å²) in [5, 5.41) is 0. The topological polar surface area (TPSA) is 111 Å². The molecular weight excluding hydrogens is 1040 g/mol. The second-order valence-corrected chi connectivity index (χ2v) is 27.7. The molecule has 0 N–H and O–H groups in total. The highest BCUT2D eigenvalue weighted by atomic mass is 31.2. The fourth-order valence-corrected chi connectivity index (χ4v) is 11.9. The number of quaternary nitrogens is 1. The first kappa shape index (κ1) is 80.8. The number of phosphoric ester groups is 1. The van der Waals surface area contributed by atoms with E-state index in [1.54, 1.807) is 0 Å². The van der Waals surface area contributed by atoms with Crippen LogP contribution in [0.3, 0.4) is 0 Å². The number of phosphoric acid groups is 1. The summed E-state index contributed by atoms with van der Waals surface area (Å²) in [6.07, 6.45) is 78.8. The van der Waals surface area contributed by atoms with Gasteiger partial charge in [-0.25, -0.2) is 0 Å². The Morgan fingerprint density at radius 1 is 0.366 bits per heavy atom. The number of hydrogen-bond donors (Lipinski definition) is 0. The molecule has 0 amide bonds. The number of rotatable bonds is 69. The lowest BCUT2D eigenvalue weighted by atomic mass is 10.0. The summed E-state index contributed by atoms with van der Waals surface area (Å²) < 4.78 is 34.4. The zero-order chi connectivity index (χ0) is 59.8. The Balaban J connectivity index is 3.96. The van der Waals surface area contributed by atoms with E-state index in [-0.39, 0.29) is 32.0 Å². The number of unbranched alkanes of at least 4 members (excludes halogenated alkanes) is 53. The standard InChI is InChI=1S/C72H142NO8P/c1-6-8-10-12-14-16-18-20-22-24-26-28-30-32-34-35-36-37-39-40-42-44-46-48-50-52-54-56-58-60-62-64-71(74)78-68-70(69-80-82(76,77)79-67-66-73(3,4)5)81-72(75)65-63-61-59-57-55-53-51-49-47-45-43-41-38-33-31-29-27-25-23-21-19-17-15-13-11-9-7-2/h25,27,70H,6-24,26,28-69H2,1-5H3/b27-25-. The van der Waals surface area contributed by atoms with E-state index in [4.69, 9.17) is 18.5 Å². The van der Waals surface area contributed by atoms with E-state index in [2.05, 4.69) is 26.0 Å². The van der Waals surface area contributed by atoms with Crippen LogP contribution in [-0.2, 0) is 32.7 Å². The summed E-state index contributed by atoms with van der Waals surface area (Å²) >= 11 is 0. The molecule has 0 aromatic rings. The number of likely N-dealkylation sites (N-methyl/N-ethyl adjacent to an activating group) is 1. The van der Waals surface area contributed by atoms with Crippen LogP contribution < -0.4 is 4.89 Å². The van der Waals surface area contributed by atoms with Gasteiger partial charge in [-0.1, -0.05) is 347 Å². The van der Waals surface area contributed by atoms with Gasteiger partial charge in [-0.2, -0.15) is 0 Å². The van der Waals surface area contributed by atoms with Crippen molar-refractivity contribution in [3.8, 4) is 0 Å². The third-order valence-corrected chi connectivity index (χ3v) is 17.7. The first-order valence-corrected chi connectivity index (χ1v) is 37.9. The van der Waals surface area contributed by atoms with E-state index < -0.39 is 26.5 Å². The van der Waals surface area contributed by atoms with Crippen molar-refractivity contribution in [2.24, 2.45) is 0 Å². The van der Waals surface area contributed by atoms with Gasteiger partial charge in [-0.05, 0) is 38.5 Å². The van der Waals surface area contributed by atoms with Gasteiger partial charge in [-0.15, -0.1) is 0 Å². The number of ether oxygens (including phenoxy) is 2. The lowest BCUT2D eigenvalue weighted by Gasteiger charge is -2.28. The van der Waals surface area contributed by atoms with Crippen LogP contribution in [0.5, 0.6) is 0 Å². The van der Waals surface area contributed by atoms with Gasteiger partial charge in [0.25, 0.3) is 7.82 Å². The van der Waals surface area contributed by atoms with E-state index in [0.717, 1.165) is 32.1 Å². The number of hydrogen-bond acceptors (Lipinski definition) is 8. The molecule has 0 bridgehead atoms. The van der Waals surface area contributed by atoms with Crippen LogP contribution in [0.2, 0.25) is 0 Å². The molecule has 82 heavy (non-hydrogen) atoms. The molecule has 0 rings (SSSR count). The predicted molar refractivity (Wildman–Crippen MR) is 352 cm³/mol. The third-order valence-electron chi connectivity index (χ3n) is 16.8. The maximum atomic E-state index is 12.9. The second kappa shape index (κ2) is 64.2.